The van der Waals surface area contributed by atoms with Crippen LogP contribution in [0.3, 0.4) is 0 Å². The van der Waals surface area contributed by atoms with Crippen LogP contribution in [0.25, 0.3) is 9.40 Å². The number of nitrogens with zero attached hydrogens (tertiary/aromatic N) is 2. The minimum atomic E-state index is -0.299. The van der Waals surface area contributed by atoms with Crippen LogP contribution in [0.15, 0.2) is 0 Å². The van der Waals surface area contributed by atoms with E-state index in [0.29, 0.717) is 36.1 Å². The molecule has 2 aromatic rings. The first-order valence-electron chi connectivity index (χ1n) is 12.9. The second-order valence-corrected chi connectivity index (χ2v) is 12.1. The standard InChI is InChI=1S/C26H38N2O6S2/c1-7-31-24(29)22-19(13-27-9-15(3)33-16(4)10-27)21-20(14-28-11-17(5)34-18(6)12-28)23(25(30)32-8-2)36-26(21)35-22/h15-18H,7-14H2,1-6H3/t15-,16+,17-,18+. The molecule has 0 N–H and O–H groups in total. The maximum absolute atomic E-state index is 13.0. The van der Waals surface area contributed by atoms with E-state index < -0.39 is 0 Å². The van der Waals surface area contributed by atoms with Crippen LogP contribution in [0.4, 0.5) is 0 Å². The number of ether oxygens (including phenoxy) is 4. The molecule has 10 heteroatoms. The molecule has 0 aromatic carbocycles. The van der Waals surface area contributed by atoms with Crippen molar-refractivity contribution in [2.45, 2.75) is 79.0 Å². The summed E-state index contributed by atoms with van der Waals surface area (Å²) >= 11 is 2.86. The Morgan fingerprint density at radius 3 is 1.44 bits per heavy atom. The van der Waals surface area contributed by atoms with Crippen LogP contribution < -0.4 is 0 Å². The van der Waals surface area contributed by atoms with Crippen LogP contribution in [-0.2, 0) is 32.0 Å². The van der Waals surface area contributed by atoms with Crippen molar-refractivity contribution in [1.82, 2.24) is 9.80 Å². The molecule has 8 nitrogen and oxygen atoms in total. The third-order valence-corrected chi connectivity index (χ3v) is 8.93. The molecular weight excluding hydrogens is 500 g/mol. The molecule has 2 aliphatic heterocycles. The lowest BCUT2D eigenvalue weighted by Crippen LogP contribution is -2.45. The minimum Gasteiger partial charge on any atom is -0.462 e. The molecular formula is C26H38N2O6S2. The summed E-state index contributed by atoms with van der Waals surface area (Å²) in [4.78, 5) is 32.0. The summed E-state index contributed by atoms with van der Waals surface area (Å²) < 4.78 is 23.7. The Hall–Kier alpha value is -1.56. The van der Waals surface area contributed by atoms with Crippen LogP contribution in [0.1, 0.15) is 72.0 Å². The molecule has 36 heavy (non-hydrogen) atoms. The van der Waals surface area contributed by atoms with E-state index in [9.17, 15) is 9.59 Å². The maximum atomic E-state index is 13.0. The van der Waals surface area contributed by atoms with Crippen molar-refractivity contribution >= 4 is 44.0 Å². The lowest BCUT2D eigenvalue weighted by Gasteiger charge is -2.36. The molecule has 0 unspecified atom stereocenters. The molecule has 2 aromatic heterocycles. The topological polar surface area (TPSA) is 77.5 Å². The van der Waals surface area contributed by atoms with E-state index in [4.69, 9.17) is 18.9 Å². The van der Waals surface area contributed by atoms with E-state index in [1.807, 2.05) is 13.8 Å². The van der Waals surface area contributed by atoms with E-state index >= 15 is 0 Å². The molecule has 4 atom stereocenters. The normalized spacial score (nSPS) is 25.8. The van der Waals surface area contributed by atoms with Crippen LogP contribution >= 0.6 is 22.7 Å². The lowest BCUT2D eigenvalue weighted by molar-refractivity contribution is -0.0705. The minimum absolute atomic E-state index is 0.113. The largest absolute Gasteiger partial charge is 0.462 e. The summed E-state index contributed by atoms with van der Waals surface area (Å²) in [6, 6.07) is 0. The zero-order valence-corrected chi connectivity index (χ0v) is 23.8. The second kappa shape index (κ2) is 11.9. The highest BCUT2D eigenvalue weighted by atomic mass is 32.2. The van der Waals surface area contributed by atoms with Crippen LogP contribution in [-0.4, -0.2) is 85.5 Å². The summed E-state index contributed by atoms with van der Waals surface area (Å²) in [5, 5.41) is 1.01. The van der Waals surface area contributed by atoms with Gasteiger partial charge in [-0.15, -0.1) is 22.7 Å². The maximum Gasteiger partial charge on any atom is 0.348 e. The van der Waals surface area contributed by atoms with Gasteiger partial charge in [0, 0.05) is 55.8 Å². The molecule has 200 valence electrons. The third-order valence-electron chi connectivity index (χ3n) is 6.42. The van der Waals surface area contributed by atoms with Gasteiger partial charge in [-0.3, -0.25) is 9.80 Å². The number of hydrogen-bond donors (Lipinski definition) is 0. The highest BCUT2D eigenvalue weighted by Gasteiger charge is 2.32. The summed E-state index contributed by atoms with van der Waals surface area (Å²) in [6.45, 7) is 16.9. The lowest BCUT2D eigenvalue weighted by atomic mass is 10.0. The number of thiophene rings is 2. The van der Waals surface area contributed by atoms with Gasteiger partial charge in [0.2, 0.25) is 0 Å². The van der Waals surface area contributed by atoms with Gasteiger partial charge in [-0.25, -0.2) is 9.59 Å². The van der Waals surface area contributed by atoms with Crippen LogP contribution in [0.5, 0.6) is 0 Å². The van der Waals surface area contributed by atoms with Gasteiger partial charge in [-0.05, 0) is 41.5 Å². The molecule has 4 heterocycles. The van der Waals surface area contributed by atoms with Gasteiger partial charge in [0.05, 0.1) is 41.6 Å². The number of rotatable bonds is 8. The van der Waals surface area contributed by atoms with E-state index in [1.54, 1.807) is 0 Å². The number of carbonyl (C=O) groups is 2. The number of morpholine rings is 2. The van der Waals surface area contributed by atoms with Gasteiger partial charge in [-0.1, -0.05) is 0 Å². The van der Waals surface area contributed by atoms with Crippen molar-refractivity contribution in [2.24, 2.45) is 0 Å². The fraction of sp³-hybridized carbons (Fsp3) is 0.692. The zero-order valence-electron chi connectivity index (χ0n) is 22.1. The van der Waals surface area contributed by atoms with Crippen LogP contribution in [0.2, 0.25) is 0 Å². The quantitative estimate of drug-likeness (QED) is 0.454. The molecule has 0 radical (unpaired) electrons. The van der Waals surface area contributed by atoms with Gasteiger partial charge in [0.25, 0.3) is 0 Å². The van der Waals surface area contributed by atoms with Crippen molar-refractivity contribution in [3.63, 3.8) is 0 Å². The Labute approximate surface area is 221 Å². The fourth-order valence-electron chi connectivity index (χ4n) is 5.39. The van der Waals surface area contributed by atoms with Gasteiger partial charge < -0.3 is 18.9 Å². The molecule has 2 fully saturated rings. The van der Waals surface area contributed by atoms with E-state index in [1.165, 1.54) is 22.7 Å². The first kappa shape index (κ1) is 27.5. The Balaban J connectivity index is 1.80. The van der Waals surface area contributed by atoms with Gasteiger partial charge in [0.1, 0.15) is 9.75 Å². The molecule has 0 bridgehead atoms. The third kappa shape index (κ3) is 6.11. The molecule has 0 spiro atoms. The zero-order chi connectivity index (χ0) is 26.0. The Bertz CT molecular complexity index is 983. The van der Waals surface area contributed by atoms with Gasteiger partial charge in [0.15, 0.2) is 0 Å². The summed E-state index contributed by atoms with van der Waals surface area (Å²) in [6.07, 6.45) is 0.453. The SMILES string of the molecule is CCOC(=O)c1sc2sc(C(=O)OCC)c(CN3C[C@@H](C)O[C@@H](C)C3)c2c1CN1C[C@@H](C)O[C@@H](C)C1. The van der Waals surface area contributed by atoms with Crippen molar-refractivity contribution in [2.75, 3.05) is 39.4 Å². The first-order valence-corrected chi connectivity index (χ1v) is 14.5. The van der Waals surface area contributed by atoms with Crippen molar-refractivity contribution in [1.29, 1.82) is 0 Å². The number of hydrogen-bond acceptors (Lipinski definition) is 10. The first-order chi connectivity index (χ1) is 17.2. The predicted octanol–water partition coefficient (Wildman–Crippen LogP) is 4.53. The molecule has 0 aliphatic carbocycles. The smallest absolute Gasteiger partial charge is 0.348 e. The highest BCUT2D eigenvalue weighted by molar-refractivity contribution is 7.40. The molecule has 0 amide bonds. The molecule has 2 saturated heterocycles. The average molecular weight is 539 g/mol. The van der Waals surface area contributed by atoms with Crippen molar-refractivity contribution in [3.05, 3.63) is 20.9 Å². The summed E-state index contributed by atoms with van der Waals surface area (Å²) in [7, 11) is 0. The monoisotopic (exact) mass is 538 g/mol. The van der Waals surface area contributed by atoms with Crippen molar-refractivity contribution in [3.8, 4) is 0 Å². The Morgan fingerprint density at radius 1 is 0.750 bits per heavy atom. The van der Waals surface area contributed by atoms with Crippen molar-refractivity contribution < 1.29 is 28.5 Å². The average Bonchev–Trinajstić information content (AvgIpc) is 3.30. The predicted molar refractivity (Wildman–Crippen MR) is 142 cm³/mol. The number of esters is 2. The van der Waals surface area contributed by atoms with Crippen LogP contribution in [0, 0.1) is 0 Å². The Morgan fingerprint density at radius 2 is 1.11 bits per heavy atom. The van der Waals surface area contributed by atoms with E-state index in [-0.39, 0.29) is 36.4 Å². The molecule has 0 saturated carbocycles. The number of fused-ring (bicyclic) bond motifs is 1. The second-order valence-electron chi connectivity index (χ2n) is 9.83. The fourth-order valence-corrected chi connectivity index (χ4v) is 7.98. The highest BCUT2D eigenvalue weighted by Crippen LogP contribution is 2.43. The summed E-state index contributed by atoms with van der Waals surface area (Å²) in [5.41, 5.74) is 1.90. The summed E-state index contributed by atoms with van der Waals surface area (Å²) in [5.74, 6) is -0.597. The van der Waals surface area contributed by atoms with Gasteiger partial charge in [-0.2, -0.15) is 0 Å². The molecule has 4 rings (SSSR count). The van der Waals surface area contributed by atoms with Gasteiger partial charge >= 0.3 is 11.9 Å². The van der Waals surface area contributed by atoms with E-state index in [0.717, 1.165) is 46.7 Å². The Kier molecular flexibility index (Phi) is 9.06. The number of carbonyl (C=O) groups excluding carboxylic acids is 2. The van der Waals surface area contributed by atoms with E-state index in [2.05, 4.69) is 37.5 Å². The molecule has 2 aliphatic rings.